The molecule has 1 fully saturated rings. The third kappa shape index (κ3) is 3.18. The standard InChI is InChI=1S/C11H23NO2S/c1-10(2)15(13,14)9-11(12-3)7-5-4-6-8-11/h10,12H,4-9H2,1-3H3. The maximum atomic E-state index is 11.9. The highest BCUT2D eigenvalue weighted by Crippen LogP contribution is 2.29. The molecule has 1 rings (SSSR count). The van der Waals surface area contributed by atoms with Crippen molar-refractivity contribution in [3.05, 3.63) is 0 Å². The molecule has 0 heterocycles. The van der Waals surface area contributed by atoms with E-state index in [-0.39, 0.29) is 10.8 Å². The van der Waals surface area contributed by atoms with Crippen LogP contribution in [0.15, 0.2) is 0 Å². The highest BCUT2D eigenvalue weighted by Gasteiger charge is 2.36. The fraction of sp³-hybridized carbons (Fsp3) is 1.00. The minimum absolute atomic E-state index is 0.151. The molecule has 0 spiro atoms. The minimum Gasteiger partial charge on any atom is -0.313 e. The molecule has 0 radical (unpaired) electrons. The van der Waals surface area contributed by atoms with Gasteiger partial charge >= 0.3 is 0 Å². The molecule has 3 nitrogen and oxygen atoms in total. The monoisotopic (exact) mass is 233 g/mol. The van der Waals surface area contributed by atoms with Gasteiger partial charge in [-0.3, -0.25) is 0 Å². The lowest BCUT2D eigenvalue weighted by Gasteiger charge is -2.37. The van der Waals surface area contributed by atoms with Crippen LogP contribution in [0.5, 0.6) is 0 Å². The molecule has 0 amide bonds. The number of hydrogen-bond acceptors (Lipinski definition) is 3. The Morgan fingerprint density at radius 1 is 1.20 bits per heavy atom. The molecular formula is C11H23NO2S. The maximum Gasteiger partial charge on any atom is 0.154 e. The number of rotatable bonds is 4. The molecule has 0 aliphatic heterocycles. The van der Waals surface area contributed by atoms with E-state index in [4.69, 9.17) is 0 Å². The lowest BCUT2D eigenvalue weighted by Crippen LogP contribution is -2.51. The summed E-state index contributed by atoms with van der Waals surface area (Å²) in [5.41, 5.74) is -0.151. The summed E-state index contributed by atoms with van der Waals surface area (Å²) < 4.78 is 23.8. The predicted molar refractivity (Wildman–Crippen MR) is 63.8 cm³/mol. The van der Waals surface area contributed by atoms with Gasteiger partial charge in [0.05, 0.1) is 11.0 Å². The normalized spacial score (nSPS) is 21.9. The predicted octanol–water partition coefficient (Wildman–Crippen LogP) is 1.73. The second-order valence-corrected chi connectivity index (χ2v) is 7.50. The highest BCUT2D eigenvalue weighted by molar-refractivity contribution is 7.92. The van der Waals surface area contributed by atoms with Gasteiger partial charge in [0.1, 0.15) is 0 Å². The Bertz CT molecular complexity index is 290. The second kappa shape index (κ2) is 4.83. The average molecular weight is 233 g/mol. The Morgan fingerprint density at radius 2 is 1.73 bits per heavy atom. The first-order valence-corrected chi connectivity index (χ1v) is 7.54. The zero-order valence-electron chi connectivity index (χ0n) is 10.0. The molecule has 1 saturated carbocycles. The van der Waals surface area contributed by atoms with Gasteiger partial charge in [-0.05, 0) is 33.7 Å². The molecule has 0 saturated heterocycles. The fourth-order valence-corrected chi connectivity index (χ4v) is 3.78. The number of nitrogens with one attached hydrogen (secondary N) is 1. The largest absolute Gasteiger partial charge is 0.313 e. The van der Waals surface area contributed by atoms with Gasteiger partial charge < -0.3 is 5.32 Å². The molecule has 0 aromatic carbocycles. The summed E-state index contributed by atoms with van der Waals surface area (Å²) in [5, 5.41) is 2.99. The van der Waals surface area contributed by atoms with E-state index < -0.39 is 9.84 Å². The van der Waals surface area contributed by atoms with Crippen molar-refractivity contribution in [3.8, 4) is 0 Å². The summed E-state index contributed by atoms with van der Waals surface area (Å²) in [7, 11) is -1.04. The quantitative estimate of drug-likeness (QED) is 0.804. The van der Waals surface area contributed by atoms with Crippen LogP contribution in [0.2, 0.25) is 0 Å². The smallest absolute Gasteiger partial charge is 0.154 e. The van der Waals surface area contributed by atoms with Crippen LogP contribution in [0.4, 0.5) is 0 Å². The van der Waals surface area contributed by atoms with E-state index in [1.807, 2.05) is 7.05 Å². The molecule has 0 bridgehead atoms. The average Bonchev–Trinajstić information content (AvgIpc) is 2.18. The lowest BCUT2D eigenvalue weighted by molar-refractivity contribution is 0.273. The zero-order valence-corrected chi connectivity index (χ0v) is 10.9. The first kappa shape index (κ1) is 13.0. The zero-order chi connectivity index (χ0) is 11.5. The van der Waals surface area contributed by atoms with Gasteiger partial charge in [0.25, 0.3) is 0 Å². The van der Waals surface area contributed by atoms with E-state index in [1.165, 1.54) is 6.42 Å². The molecule has 0 unspecified atom stereocenters. The van der Waals surface area contributed by atoms with Crippen molar-refractivity contribution >= 4 is 9.84 Å². The van der Waals surface area contributed by atoms with Crippen molar-refractivity contribution in [2.45, 2.75) is 56.7 Å². The molecular weight excluding hydrogens is 210 g/mol. The van der Waals surface area contributed by atoms with E-state index >= 15 is 0 Å². The highest BCUT2D eigenvalue weighted by atomic mass is 32.2. The molecule has 0 aromatic heterocycles. The summed E-state index contributed by atoms with van der Waals surface area (Å²) in [4.78, 5) is 0. The van der Waals surface area contributed by atoms with Crippen molar-refractivity contribution in [3.63, 3.8) is 0 Å². The summed E-state index contributed by atoms with van der Waals surface area (Å²) in [5.74, 6) is 0.300. The van der Waals surface area contributed by atoms with Crippen LogP contribution >= 0.6 is 0 Å². The maximum absolute atomic E-state index is 11.9. The minimum atomic E-state index is -2.93. The third-order valence-electron chi connectivity index (χ3n) is 3.54. The van der Waals surface area contributed by atoms with Crippen molar-refractivity contribution in [2.24, 2.45) is 0 Å². The fourth-order valence-electron chi connectivity index (χ4n) is 2.25. The van der Waals surface area contributed by atoms with Crippen molar-refractivity contribution in [2.75, 3.05) is 12.8 Å². The Hall–Kier alpha value is -0.0900. The Morgan fingerprint density at radius 3 is 2.13 bits per heavy atom. The first-order chi connectivity index (χ1) is 6.92. The van der Waals surface area contributed by atoms with Crippen LogP contribution in [0, 0.1) is 0 Å². The summed E-state index contributed by atoms with van der Waals surface area (Å²) in [6, 6.07) is 0. The molecule has 0 atom stereocenters. The lowest BCUT2D eigenvalue weighted by atomic mass is 9.83. The Kier molecular flexibility index (Phi) is 4.18. The summed E-state index contributed by atoms with van der Waals surface area (Å²) >= 11 is 0. The van der Waals surface area contributed by atoms with E-state index in [0.29, 0.717) is 5.75 Å². The SMILES string of the molecule is CNC1(CS(=O)(=O)C(C)C)CCCCC1. The van der Waals surface area contributed by atoms with Gasteiger partial charge in [-0.1, -0.05) is 19.3 Å². The van der Waals surface area contributed by atoms with Crippen molar-refractivity contribution < 1.29 is 8.42 Å². The van der Waals surface area contributed by atoms with Gasteiger partial charge in [-0.25, -0.2) is 8.42 Å². The molecule has 0 aromatic rings. The van der Waals surface area contributed by atoms with Crippen LogP contribution < -0.4 is 5.32 Å². The number of hydrogen-bond donors (Lipinski definition) is 1. The van der Waals surface area contributed by atoms with Crippen LogP contribution in [-0.2, 0) is 9.84 Å². The first-order valence-electron chi connectivity index (χ1n) is 5.82. The van der Waals surface area contributed by atoms with Crippen LogP contribution in [0.25, 0.3) is 0 Å². The number of sulfone groups is 1. The van der Waals surface area contributed by atoms with Crippen LogP contribution in [0.1, 0.15) is 46.0 Å². The van der Waals surface area contributed by atoms with E-state index in [2.05, 4.69) is 5.32 Å². The van der Waals surface area contributed by atoms with Crippen LogP contribution in [0.3, 0.4) is 0 Å². The molecule has 90 valence electrons. The van der Waals surface area contributed by atoms with Gasteiger partial charge in [0.2, 0.25) is 0 Å². The van der Waals surface area contributed by atoms with Crippen molar-refractivity contribution in [1.29, 1.82) is 0 Å². The molecule has 4 heteroatoms. The van der Waals surface area contributed by atoms with Gasteiger partial charge in [-0.2, -0.15) is 0 Å². The van der Waals surface area contributed by atoms with Crippen LogP contribution in [-0.4, -0.2) is 32.0 Å². The van der Waals surface area contributed by atoms with Crippen molar-refractivity contribution in [1.82, 2.24) is 5.32 Å². The van der Waals surface area contributed by atoms with Gasteiger partial charge in [0.15, 0.2) is 9.84 Å². The van der Waals surface area contributed by atoms with Gasteiger partial charge in [0, 0.05) is 5.54 Å². The summed E-state index contributed by atoms with van der Waals surface area (Å²) in [6.07, 6.45) is 5.53. The summed E-state index contributed by atoms with van der Waals surface area (Å²) in [6.45, 7) is 3.53. The van der Waals surface area contributed by atoms with E-state index in [1.54, 1.807) is 13.8 Å². The molecule has 1 aliphatic carbocycles. The van der Waals surface area contributed by atoms with E-state index in [0.717, 1.165) is 25.7 Å². The van der Waals surface area contributed by atoms with Gasteiger partial charge in [-0.15, -0.1) is 0 Å². The molecule has 1 aliphatic rings. The molecule has 15 heavy (non-hydrogen) atoms. The molecule has 1 N–H and O–H groups in total. The Balaban J connectivity index is 2.76. The topological polar surface area (TPSA) is 46.2 Å². The second-order valence-electron chi connectivity index (χ2n) is 4.95. The van der Waals surface area contributed by atoms with E-state index in [9.17, 15) is 8.42 Å². The Labute approximate surface area is 93.6 Å². The third-order valence-corrected chi connectivity index (χ3v) is 5.93.